The largest absolute Gasteiger partial charge is 0.324 e. The summed E-state index contributed by atoms with van der Waals surface area (Å²) < 4.78 is 26.2. The van der Waals surface area contributed by atoms with E-state index in [1.807, 2.05) is 27.7 Å². The Morgan fingerprint density at radius 2 is 1.65 bits per heavy atom. The Bertz CT molecular complexity index is 508. The Morgan fingerprint density at radius 3 is 2.10 bits per heavy atom. The maximum atomic E-state index is 13.4. The van der Waals surface area contributed by atoms with Gasteiger partial charge in [-0.2, -0.15) is 0 Å². The number of nitrogens with zero attached hydrogens (tertiary/aromatic N) is 1. The van der Waals surface area contributed by atoms with Gasteiger partial charge in [-0.05, 0) is 39.8 Å². The number of hydrogen-bond acceptors (Lipinski definition) is 2. The number of amides is 3. The van der Waals surface area contributed by atoms with Crippen LogP contribution in [0.15, 0.2) is 18.2 Å². The number of rotatable bonds is 3. The first-order chi connectivity index (χ1) is 9.23. The summed E-state index contributed by atoms with van der Waals surface area (Å²) in [5.41, 5.74) is -0.368. The summed E-state index contributed by atoms with van der Waals surface area (Å²) in [6.45, 7) is 7.23. The molecule has 0 spiro atoms. The fraction of sp³-hybridized carbons (Fsp3) is 0.429. The highest BCUT2D eigenvalue weighted by Crippen LogP contribution is 2.10. The number of imide groups is 1. The average Bonchev–Trinajstić information content (AvgIpc) is 2.26. The molecule has 0 heterocycles. The summed E-state index contributed by atoms with van der Waals surface area (Å²) in [5.74, 6) is -2.67. The second kappa shape index (κ2) is 6.45. The first-order valence-electron chi connectivity index (χ1n) is 6.32. The number of carbonyl (C=O) groups excluding carboxylic acids is 2. The van der Waals surface area contributed by atoms with E-state index in [2.05, 4.69) is 5.32 Å². The minimum absolute atomic E-state index is 0.110. The van der Waals surface area contributed by atoms with Gasteiger partial charge in [-0.25, -0.2) is 13.6 Å². The van der Waals surface area contributed by atoms with E-state index >= 15 is 0 Å². The van der Waals surface area contributed by atoms with Gasteiger partial charge in [-0.15, -0.1) is 0 Å². The van der Waals surface area contributed by atoms with Gasteiger partial charge < -0.3 is 4.90 Å². The molecule has 6 heteroatoms. The summed E-state index contributed by atoms with van der Waals surface area (Å²) in [4.78, 5) is 25.3. The first-order valence-corrected chi connectivity index (χ1v) is 6.32. The van der Waals surface area contributed by atoms with Gasteiger partial charge >= 0.3 is 6.03 Å². The van der Waals surface area contributed by atoms with Crippen molar-refractivity contribution in [1.82, 2.24) is 10.2 Å². The molecule has 0 bridgehead atoms. The minimum Gasteiger partial charge on any atom is -0.320 e. The molecule has 0 aromatic heterocycles. The van der Waals surface area contributed by atoms with Crippen LogP contribution in [0.2, 0.25) is 0 Å². The molecular formula is C14H18F2N2O2. The number of benzene rings is 1. The summed E-state index contributed by atoms with van der Waals surface area (Å²) in [5, 5.41) is 2.10. The summed E-state index contributed by atoms with van der Waals surface area (Å²) >= 11 is 0. The van der Waals surface area contributed by atoms with Crippen LogP contribution in [0.25, 0.3) is 0 Å². The second-order valence-corrected chi connectivity index (χ2v) is 4.98. The SMILES string of the molecule is CC(C)N(C(=O)NC(=O)c1ccc(F)cc1F)C(C)C. The van der Waals surface area contributed by atoms with Crippen LogP contribution in [0.4, 0.5) is 13.6 Å². The zero-order valence-electron chi connectivity index (χ0n) is 11.9. The Labute approximate surface area is 116 Å². The molecule has 0 saturated heterocycles. The Hall–Kier alpha value is -1.98. The predicted octanol–water partition coefficient (Wildman–Crippen LogP) is 2.93. The zero-order chi connectivity index (χ0) is 15.4. The normalized spacial score (nSPS) is 10.8. The van der Waals surface area contributed by atoms with E-state index in [0.717, 1.165) is 12.1 Å². The van der Waals surface area contributed by atoms with Crippen molar-refractivity contribution in [1.29, 1.82) is 0 Å². The van der Waals surface area contributed by atoms with Crippen molar-refractivity contribution in [3.05, 3.63) is 35.4 Å². The molecule has 0 aliphatic heterocycles. The molecule has 0 unspecified atom stereocenters. The standard InChI is InChI=1S/C14H18F2N2O2/c1-8(2)18(9(3)4)14(20)17-13(19)11-6-5-10(15)7-12(11)16/h5-9H,1-4H3,(H,17,19,20). The topological polar surface area (TPSA) is 49.4 Å². The van der Waals surface area contributed by atoms with Gasteiger partial charge in [0.05, 0.1) is 5.56 Å². The van der Waals surface area contributed by atoms with Crippen LogP contribution in [-0.2, 0) is 0 Å². The molecular weight excluding hydrogens is 266 g/mol. The van der Waals surface area contributed by atoms with Crippen molar-refractivity contribution in [2.24, 2.45) is 0 Å². The second-order valence-electron chi connectivity index (χ2n) is 4.98. The Kier molecular flexibility index (Phi) is 5.19. The van der Waals surface area contributed by atoms with Gasteiger partial charge in [0.2, 0.25) is 0 Å². The third-order valence-electron chi connectivity index (χ3n) is 2.74. The number of nitrogens with one attached hydrogen (secondary N) is 1. The lowest BCUT2D eigenvalue weighted by molar-refractivity contribution is 0.0936. The van der Waals surface area contributed by atoms with E-state index in [-0.39, 0.29) is 17.6 Å². The maximum Gasteiger partial charge on any atom is 0.324 e. The Balaban J connectivity index is 2.87. The third-order valence-corrected chi connectivity index (χ3v) is 2.74. The van der Waals surface area contributed by atoms with E-state index < -0.39 is 23.6 Å². The highest BCUT2D eigenvalue weighted by molar-refractivity contribution is 6.04. The molecule has 1 aromatic carbocycles. The lowest BCUT2D eigenvalue weighted by Crippen LogP contribution is -2.49. The van der Waals surface area contributed by atoms with Crippen LogP contribution < -0.4 is 5.32 Å². The van der Waals surface area contributed by atoms with Gasteiger partial charge in [0, 0.05) is 18.2 Å². The number of hydrogen-bond donors (Lipinski definition) is 1. The number of urea groups is 1. The van der Waals surface area contributed by atoms with E-state index in [0.29, 0.717) is 6.07 Å². The molecule has 0 radical (unpaired) electrons. The monoisotopic (exact) mass is 284 g/mol. The fourth-order valence-corrected chi connectivity index (χ4v) is 1.97. The summed E-state index contributed by atoms with van der Waals surface area (Å²) in [6, 6.07) is 1.74. The summed E-state index contributed by atoms with van der Waals surface area (Å²) in [7, 11) is 0. The molecule has 20 heavy (non-hydrogen) atoms. The van der Waals surface area contributed by atoms with Gasteiger partial charge in [0.1, 0.15) is 11.6 Å². The van der Waals surface area contributed by atoms with Crippen molar-refractivity contribution in [3.8, 4) is 0 Å². The molecule has 1 N–H and O–H groups in total. The molecule has 0 aliphatic rings. The molecule has 4 nitrogen and oxygen atoms in total. The van der Waals surface area contributed by atoms with Gasteiger partial charge in [-0.1, -0.05) is 0 Å². The number of carbonyl (C=O) groups is 2. The highest BCUT2D eigenvalue weighted by Gasteiger charge is 2.23. The van der Waals surface area contributed by atoms with E-state index in [1.54, 1.807) is 0 Å². The van der Waals surface area contributed by atoms with E-state index in [9.17, 15) is 18.4 Å². The van der Waals surface area contributed by atoms with Crippen LogP contribution in [-0.4, -0.2) is 28.9 Å². The average molecular weight is 284 g/mol. The molecule has 1 rings (SSSR count). The first kappa shape index (κ1) is 16.1. The molecule has 110 valence electrons. The smallest absolute Gasteiger partial charge is 0.320 e. The number of halogens is 2. The quantitative estimate of drug-likeness (QED) is 0.927. The van der Waals surface area contributed by atoms with Gasteiger partial charge in [0.25, 0.3) is 5.91 Å². The van der Waals surface area contributed by atoms with Crippen molar-refractivity contribution in [3.63, 3.8) is 0 Å². The molecule has 0 atom stereocenters. The van der Waals surface area contributed by atoms with Gasteiger partial charge in [0.15, 0.2) is 0 Å². The lowest BCUT2D eigenvalue weighted by Gasteiger charge is -2.30. The summed E-state index contributed by atoms with van der Waals surface area (Å²) in [6.07, 6.45) is 0. The van der Waals surface area contributed by atoms with Gasteiger partial charge in [-0.3, -0.25) is 10.1 Å². The van der Waals surface area contributed by atoms with Crippen LogP contribution in [0.5, 0.6) is 0 Å². The molecule has 3 amide bonds. The fourth-order valence-electron chi connectivity index (χ4n) is 1.97. The lowest BCUT2D eigenvalue weighted by atomic mass is 10.2. The maximum absolute atomic E-state index is 13.4. The Morgan fingerprint density at radius 1 is 1.10 bits per heavy atom. The van der Waals surface area contributed by atoms with E-state index in [1.165, 1.54) is 4.90 Å². The van der Waals surface area contributed by atoms with Crippen LogP contribution >= 0.6 is 0 Å². The molecule has 1 aromatic rings. The predicted molar refractivity (Wildman–Crippen MR) is 71.3 cm³/mol. The van der Waals surface area contributed by atoms with Crippen molar-refractivity contribution < 1.29 is 18.4 Å². The van der Waals surface area contributed by atoms with Crippen LogP contribution in [0.1, 0.15) is 38.1 Å². The highest BCUT2D eigenvalue weighted by atomic mass is 19.1. The van der Waals surface area contributed by atoms with E-state index in [4.69, 9.17) is 0 Å². The van der Waals surface area contributed by atoms with Crippen molar-refractivity contribution in [2.45, 2.75) is 39.8 Å². The van der Waals surface area contributed by atoms with Crippen LogP contribution in [0.3, 0.4) is 0 Å². The molecule has 0 aliphatic carbocycles. The third kappa shape index (κ3) is 3.76. The molecule has 0 saturated carbocycles. The van der Waals surface area contributed by atoms with Crippen molar-refractivity contribution >= 4 is 11.9 Å². The zero-order valence-corrected chi connectivity index (χ0v) is 11.9. The minimum atomic E-state index is -1.00. The van der Waals surface area contributed by atoms with Crippen LogP contribution in [0, 0.1) is 11.6 Å². The molecule has 0 fully saturated rings. The van der Waals surface area contributed by atoms with Crippen molar-refractivity contribution in [2.75, 3.05) is 0 Å².